The van der Waals surface area contributed by atoms with Gasteiger partial charge in [0, 0.05) is 15.6 Å². The fourth-order valence-electron chi connectivity index (χ4n) is 3.71. The number of benzene rings is 3. The van der Waals surface area contributed by atoms with E-state index >= 15 is 0 Å². The summed E-state index contributed by atoms with van der Waals surface area (Å²) in [7, 11) is 0. The van der Waals surface area contributed by atoms with E-state index in [2.05, 4.69) is 62.8 Å². The third kappa shape index (κ3) is 4.19. The van der Waals surface area contributed by atoms with Crippen LogP contribution in [-0.4, -0.2) is 11.1 Å². The van der Waals surface area contributed by atoms with Crippen LogP contribution < -0.4 is 5.32 Å². The maximum atomic E-state index is 12.7. The Labute approximate surface area is 189 Å². The van der Waals surface area contributed by atoms with Gasteiger partial charge in [0.25, 0.3) is 5.91 Å². The number of hydrogen-bond donors (Lipinski definition) is 1. The lowest BCUT2D eigenvalue weighted by molar-refractivity contribution is 0.102. The lowest BCUT2D eigenvalue weighted by Gasteiger charge is -2.08. The summed E-state index contributed by atoms with van der Waals surface area (Å²) in [5.41, 5.74) is 6.41. The van der Waals surface area contributed by atoms with Gasteiger partial charge in [-0.05, 0) is 60.6 Å². The van der Waals surface area contributed by atoms with Gasteiger partial charge in [-0.2, -0.15) is 0 Å². The summed E-state index contributed by atoms with van der Waals surface area (Å²) >= 11 is 3.40. The van der Waals surface area contributed by atoms with Crippen LogP contribution in [0.4, 0.5) is 5.69 Å². The second-order valence-corrected chi connectivity index (χ2v) is 8.83. The van der Waals surface area contributed by atoms with Crippen LogP contribution in [0.25, 0.3) is 22.5 Å². The van der Waals surface area contributed by atoms with E-state index < -0.39 is 0 Å². The van der Waals surface area contributed by atoms with Gasteiger partial charge in [-0.1, -0.05) is 75.7 Å². The molecule has 0 atom stereocenters. The highest BCUT2D eigenvalue weighted by Gasteiger charge is 2.23. The van der Waals surface area contributed by atoms with Crippen LogP contribution in [0, 0.1) is 6.92 Å². The van der Waals surface area contributed by atoms with E-state index in [1.54, 1.807) is 12.1 Å². The molecule has 5 rings (SSSR count). The molecular formula is C26H21BrN2O2. The van der Waals surface area contributed by atoms with Crippen molar-refractivity contribution in [2.45, 2.75) is 25.7 Å². The number of carbonyl (C=O) groups excluding carboxylic acids is 1. The first kappa shape index (κ1) is 19.8. The largest absolute Gasteiger partial charge is 0.354 e. The number of rotatable bonds is 5. The SMILES string of the molecule is Cc1noc(-c2ccc(-c3ccc(C4CC4)cc3)cc2)c1NC(=O)c1cccc(Br)c1. The number of anilines is 1. The highest BCUT2D eigenvalue weighted by Crippen LogP contribution is 2.40. The zero-order valence-electron chi connectivity index (χ0n) is 17.1. The minimum atomic E-state index is -0.207. The van der Waals surface area contributed by atoms with Crippen molar-refractivity contribution in [2.24, 2.45) is 0 Å². The standard InChI is InChI=1S/C26H21BrN2O2/c1-16-24(28-26(30)22-3-2-4-23(27)15-22)25(31-29-16)21-13-11-20(12-14-21)19-9-7-18(8-10-19)17-5-6-17/h2-4,7-15,17H,5-6H2,1H3,(H,28,30). The summed E-state index contributed by atoms with van der Waals surface area (Å²) < 4.78 is 6.41. The summed E-state index contributed by atoms with van der Waals surface area (Å²) in [6.45, 7) is 1.82. The maximum Gasteiger partial charge on any atom is 0.255 e. The molecule has 1 N–H and O–H groups in total. The van der Waals surface area contributed by atoms with Gasteiger partial charge in [0.2, 0.25) is 0 Å². The van der Waals surface area contributed by atoms with Crippen molar-refractivity contribution in [2.75, 3.05) is 5.32 Å². The van der Waals surface area contributed by atoms with E-state index in [-0.39, 0.29) is 5.91 Å². The highest BCUT2D eigenvalue weighted by atomic mass is 79.9. The lowest BCUT2D eigenvalue weighted by atomic mass is 10.0. The molecule has 0 radical (unpaired) electrons. The van der Waals surface area contributed by atoms with E-state index in [1.807, 2.05) is 31.2 Å². The molecule has 0 aliphatic heterocycles. The van der Waals surface area contributed by atoms with Crippen molar-refractivity contribution in [1.29, 1.82) is 0 Å². The minimum absolute atomic E-state index is 0.207. The predicted octanol–water partition coefficient (Wildman–Crippen LogP) is 7.21. The summed E-state index contributed by atoms with van der Waals surface area (Å²) in [4.78, 5) is 12.7. The van der Waals surface area contributed by atoms with E-state index in [4.69, 9.17) is 4.52 Å². The molecule has 5 heteroatoms. The second kappa shape index (κ2) is 8.16. The van der Waals surface area contributed by atoms with Crippen LogP contribution in [0.3, 0.4) is 0 Å². The van der Waals surface area contributed by atoms with Gasteiger partial charge in [0.15, 0.2) is 5.76 Å². The molecule has 31 heavy (non-hydrogen) atoms. The van der Waals surface area contributed by atoms with Crippen molar-refractivity contribution < 1.29 is 9.32 Å². The van der Waals surface area contributed by atoms with Crippen molar-refractivity contribution in [1.82, 2.24) is 5.16 Å². The molecule has 1 fully saturated rings. The fraction of sp³-hybridized carbons (Fsp3) is 0.154. The summed E-state index contributed by atoms with van der Waals surface area (Å²) in [6, 6.07) is 24.2. The number of carbonyl (C=O) groups is 1. The molecule has 0 bridgehead atoms. The molecule has 3 aromatic carbocycles. The fourth-order valence-corrected chi connectivity index (χ4v) is 4.11. The first-order valence-electron chi connectivity index (χ1n) is 10.3. The van der Waals surface area contributed by atoms with Gasteiger partial charge in [0.05, 0.1) is 0 Å². The van der Waals surface area contributed by atoms with E-state index in [1.165, 1.54) is 24.0 Å². The number of nitrogens with one attached hydrogen (secondary N) is 1. The number of amides is 1. The van der Waals surface area contributed by atoms with Crippen LogP contribution >= 0.6 is 15.9 Å². The minimum Gasteiger partial charge on any atom is -0.354 e. The number of halogens is 1. The molecule has 0 saturated heterocycles. The van der Waals surface area contributed by atoms with Gasteiger partial charge in [-0.3, -0.25) is 4.79 Å². The van der Waals surface area contributed by atoms with Crippen LogP contribution in [-0.2, 0) is 0 Å². The van der Waals surface area contributed by atoms with Crippen LogP contribution in [0.1, 0.15) is 40.4 Å². The van der Waals surface area contributed by atoms with Crippen molar-refractivity contribution in [3.63, 3.8) is 0 Å². The van der Waals surface area contributed by atoms with E-state index in [9.17, 15) is 4.79 Å². The normalized spacial score (nSPS) is 13.2. The Morgan fingerprint density at radius 2 is 1.61 bits per heavy atom. The lowest BCUT2D eigenvalue weighted by Crippen LogP contribution is -2.12. The van der Waals surface area contributed by atoms with E-state index in [0.717, 1.165) is 21.5 Å². The first-order chi connectivity index (χ1) is 15.1. The molecule has 0 spiro atoms. The molecule has 4 nitrogen and oxygen atoms in total. The molecule has 1 heterocycles. The summed E-state index contributed by atoms with van der Waals surface area (Å²) in [6.07, 6.45) is 2.62. The van der Waals surface area contributed by atoms with Crippen LogP contribution in [0.2, 0.25) is 0 Å². The molecule has 1 amide bonds. The molecule has 154 valence electrons. The van der Waals surface area contributed by atoms with Crippen LogP contribution in [0.5, 0.6) is 0 Å². The molecule has 1 aliphatic carbocycles. The first-order valence-corrected chi connectivity index (χ1v) is 11.1. The average Bonchev–Trinajstić information content (AvgIpc) is 3.58. The van der Waals surface area contributed by atoms with Crippen LogP contribution in [0.15, 0.2) is 81.8 Å². The molecule has 4 aromatic rings. The zero-order chi connectivity index (χ0) is 21.4. The smallest absolute Gasteiger partial charge is 0.255 e. The van der Waals surface area contributed by atoms with Gasteiger partial charge >= 0.3 is 0 Å². The Morgan fingerprint density at radius 3 is 2.26 bits per heavy atom. The summed E-state index contributed by atoms with van der Waals surface area (Å²) in [5.74, 6) is 1.11. The molecular weight excluding hydrogens is 452 g/mol. The van der Waals surface area contributed by atoms with Gasteiger partial charge in [-0.25, -0.2) is 0 Å². The summed E-state index contributed by atoms with van der Waals surface area (Å²) in [5, 5.41) is 7.02. The Bertz CT molecular complexity index is 1240. The second-order valence-electron chi connectivity index (χ2n) is 7.91. The van der Waals surface area contributed by atoms with Gasteiger partial charge in [0.1, 0.15) is 11.4 Å². The third-order valence-electron chi connectivity index (χ3n) is 5.63. The number of aryl methyl sites for hydroxylation is 1. The Hall–Kier alpha value is -3.18. The maximum absolute atomic E-state index is 12.7. The van der Waals surface area contributed by atoms with Gasteiger partial charge in [-0.15, -0.1) is 0 Å². The van der Waals surface area contributed by atoms with Gasteiger partial charge < -0.3 is 9.84 Å². The predicted molar refractivity (Wildman–Crippen MR) is 126 cm³/mol. The monoisotopic (exact) mass is 472 g/mol. The Balaban J connectivity index is 1.38. The van der Waals surface area contributed by atoms with Crippen molar-refractivity contribution >= 4 is 27.5 Å². The quantitative estimate of drug-likeness (QED) is 0.333. The zero-order valence-corrected chi connectivity index (χ0v) is 18.6. The van der Waals surface area contributed by atoms with E-state index in [0.29, 0.717) is 22.7 Å². The number of aromatic nitrogens is 1. The molecule has 1 saturated carbocycles. The average molecular weight is 473 g/mol. The molecule has 0 unspecified atom stereocenters. The van der Waals surface area contributed by atoms with Crippen molar-refractivity contribution in [3.8, 4) is 22.5 Å². The highest BCUT2D eigenvalue weighted by molar-refractivity contribution is 9.10. The topological polar surface area (TPSA) is 55.1 Å². The molecule has 1 aliphatic rings. The third-order valence-corrected chi connectivity index (χ3v) is 6.12. The van der Waals surface area contributed by atoms with Crippen molar-refractivity contribution in [3.05, 3.63) is 94.1 Å². The Kier molecular flexibility index (Phi) is 5.20. The number of nitrogens with zero attached hydrogens (tertiary/aromatic N) is 1. The number of hydrogen-bond acceptors (Lipinski definition) is 3. The molecule has 1 aromatic heterocycles. The Morgan fingerprint density at radius 1 is 0.968 bits per heavy atom.